The number of guanidine groups is 1. The molecule has 0 spiro atoms. The third-order valence-corrected chi connectivity index (χ3v) is 3.61. The second-order valence-electron chi connectivity index (χ2n) is 6.90. The largest absolute Gasteiger partial charge is 0.459 e. The van der Waals surface area contributed by atoms with Crippen LogP contribution in [0.2, 0.25) is 0 Å². The van der Waals surface area contributed by atoms with Gasteiger partial charge in [-0.1, -0.05) is 0 Å². The quantitative estimate of drug-likeness (QED) is 0.298. The maximum Gasteiger partial charge on any atom is 0.325 e. The van der Waals surface area contributed by atoms with Crippen LogP contribution in [0.5, 0.6) is 0 Å². The lowest BCUT2D eigenvalue weighted by Crippen LogP contribution is -2.46. The number of nitrogens with zero attached hydrogens (tertiary/aromatic N) is 3. The molecule has 1 aliphatic heterocycles. The van der Waals surface area contributed by atoms with E-state index < -0.39 is 5.60 Å². The van der Waals surface area contributed by atoms with E-state index in [4.69, 9.17) is 4.74 Å². The second-order valence-corrected chi connectivity index (χ2v) is 6.90. The standard InChI is InChI=1S/C17H26FN5O2.HI/c1-17(2,3)25-14(24)10-21-16(19-4)22-12-7-9-23(11-12)15-13(18)6-5-8-20-15;/h5-6,8,12H,7,9-11H2,1-4H3,(H2,19,21,22);1H. The number of hydrogen-bond donors (Lipinski definition) is 2. The number of ether oxygens (including phenoxy) is 1. The number of carbonyl (C=O) groups is 1. The molecule has 7 nitrogen and oxygen atoms in total. The van der Waals surface area contributed by atoms with Crippen molar-refractivity contribution in [1.29, 1.82) is 0 Å². The van der Waals surface area contributed by atoms with E-state index in [0.29, 0.717) is 24.9 Å². The lowest BCUT2D eigenvalue weighted by molar-refractivity contribution is -0.153. The van der Waals surface area contributed by atoms with Crippen LogP contribution >= 0.6 is 24.0 Å². The Hall–Kier alpha value is -1.65. The Morgan fingerprint density at radius 2 is 2.23 bits per heavy atom. The summed E-state index contributed by atoms with van der Waals surface area (Å²) < 4.78 is 19.1. The molecule has 1 saturated heterocycles. The Bertz CT molecular complexity index is 636. The molecule has 1 aliphatic rings. The highest BCUT2D eigenvalue weighted by molar-refractivity contribution is 14.0. The molecule has 2 N–H and O–H groups in total. The second kappa shape index (κ2) is 9.89. The molecule has 1 unspecified atom stereocenters. The smallest absolute Gasteiger partial charge is 0.325 e. The van der Waals surface area contributed by atoms with Crippen molar-refractivity contribution in [2.24, 2.45) is 4.99 Å². The number of aliphatic imine (C=N–C) groups is 1. The van der Waals surface area contributed by atoms with E-state index in [2.05, 4.69) is 20.6 Å². The van der Waals surface area contributed by atoms with Gasteiger partial charge in [-0.25, -0.2) is 9.37 Å². The van der Waals surface area contributed by atoms with Crippen molar-refractivity contribution in [1.82, 2.24) is 15.6 Å². The highest BCUT2D eigenvalue weighted by Gasteiger charge is 2.26. The van der Waals surface area contributed by atoms with Gasteiger partial charge >= 0.3 is 5.97 Å². The van der Waals surface area contributed by atoms with Crippen LogP contribution in [0, 0.1) is 5.82 Å². The third kappa shape index (κ3) is 6.93. The van der Waals surface area contributed by atoms with E-state index >= 15 is 0 Å². The van der Waals surface area contributed by atoms with E-state index in [1.807, 2.05) is 25.7 Å². The number of rotatable bonds is 4. The monoisotopic (exact) mass is 479 g/mol. The molecular formula is C17H27FIN5O2. The van der Waals surface area contributed by atoms with Gasteiger partial charge in [-0.15, -0.1) is 24.0 Å². The molecule has 0 aliphatic carbocycles. The summed E-state index contributed by atoms with van der Waals surface area (Å²) in [4.78, 5) is 21.9. The molecule has 0 bridgehead atoms. The summed E-state index contributed by atoms with van der Waals surface area (Å²) in [5, 5.41) is 6.18. The lowest BCUT2D eigenvalue weighted by Gasteiger charge is -2.21. The predicted octanol–water partition coefficient (Wildman–Crippen LogP) is 1.92. The maximum absolute atomic E-state index is 13.8. The summed E-state index contributed by atoms with van der Waals surface area (Å²) in [6.45, 7) is 6.81. The van der Waals surface area contributed by atoms with Gasteiger partial charge in [-0.3, -0.25) is 9.79 Å². The maximum atomic E-state index is 13.8. The number of pyridine rings is 1. The first-order chi connectivity index (χ1) is 11.8. The molecule has 9 heteroatoms. The van der Waals surface area contributed by atoms with Gasteiger partial charge in [-0.2, -0.15) is 0 Å². The zero-order chi connectivity index (χ0) is 18.4. The lowest BCUT2D eigenvalue weighted by atomic mass is 10.2. The fourth-order valence-electron chi connectivity index (χ4n) is 2.60. The van der Waals surface area contributed by atoms with E-state index in [-0.39, 0.29) is 48.3 Å². The molecule has 1 atom stereocenters. The Morgan fingerprint density at radius 3 is 2.85 bits per heavy atom. The minimum Gasteiger partial charge on any atom is -0.459 e. The Labute approximate surface area is 170 Å². The third-order valence-electron chi connectivity index (χ3n) is 3.61. The first kappa shape index (κ1) is 22.4. The topological polar surface area (TPSA) is 78.8 Å². The van der Waals surface area contributed by atoms with Crippen molar-refractivity contribution < 1.29 is 13.9 Å². The molecule has 2 heterocycles. The highest BCUT2D eigenvalue weighted by Crippen LogP contribution is 2.20. The average Bonchev–Trinajstić information content (AvgIpc) is 2.98. The van der Waals surface area contributed by atoms with Crippen LogP contribution in [-0.2, 0) is 9.53 Å². The summed E-state index contributed by atoms with van der Waals surface area (Å²) >= 11 is 0. The number of esters is 1. The van der Waals surface area contributed by atoms with Crippen molar-refractivity contribution in [2.75, 3.05) is 31.6 Å². The first-order valence-corrected chi connectivity index (χ1v) is 8.33. The van der Waals surface area contributed by atoms with Crippen LogP contribution in [-0.4, -0.2) is 55.2 Å². The van der Waals surface area contributed by atoms with Gasteiger partial charge in [0.2, 0.25) is 0 Å². The highest BCUT2D eigenvalue weighted by atomic mass is 127. The van der Waals surface area contributed by atoms with Gasteiger partial charge in [0, 0.05) is 32.4 Å². The normalized spacial score (nSPS) is 17.5. The Kier molecular flexibility index (Phi) is 8.51. The number of aromatic nitrogens is 1. The summed E-state index contributed by atoms with van der Waals surface area (Å²) in [5.41, 5.74) is -0.519. The van der Waals surface area contributed by atoms with Crippen LogP contribution < -0.4 is 15.5 Å². The number of nitrogens with one attached hydrogen (secondary N) is 2. The molecule has 0 amide bonds. The van der Waals surface area contributed by atoms with Gasteiger partial charge < -0.3 is 20.3 Å². The molecular weight excluding hydrogens is 452 g/mol. The van der Waals surface area contributed by atoms with Crippen molar-refractivity contribution in [3.8, 4) is 0 Å². The van der Waals surface area contributed by atoms with E-state index in [1.165, 1.54) is 6.07 Å². The summed E-state index contributed by atoms with van der Waals surface area (Å²) in [6, 6.07) is 3.07. The predicted molar refractivity (Wildman–Crippen MR) is 111 cm³/mol. The van der Waals surface area contributed by atoms with E-state index in [1.54, 1.807) is 19.3 Å². The van der Waals surface area contributed by atoms with Crippen LogP contribution in [0.3, 0.4) is 0 Å². The molecule has 0 saturated carbocycles. The zero-order valence-corrected chi connectivity index (χ0v) is 17.9. The SMILES string of the molecule is CN=C(NCC(=O)OC(C)(C)C)NC1CCN(c2ncccc2F)C1.I. The zero-order valence-electron chi connectivity index (χ0n) is 15.6. The van der Waals surface area contributed by atoms with Crippen LogP contribution in [0.1, 0.15) is 27.2 Å². The van der Waals surface area contributed by atoms with Crippen LogP contribution in [0.4, 0.5) is 10.2 Å². The Balaban J connectivity index is 0.00000338. The Morgan fingerprint density at radius 1 is 1.50 bits per heavy atom. The van der Waals surface area contributed by atoms with Crippen LogP contribution in [0.15, 0.2) is 23.3 Å². The summed E-state index contributed by atoms with van der Waals surface area (Å²) in [7, 11) is 1.63. The molecule has 26 heavy (non-hydrogen) atoms. The number of hydrogen-bond acceptors (Lipinski definition) is 5. The summed E-state index contributed by atoms with van der Waals surface area (Å²) in [5.74, 6) is 0.206. The van der Waals surface area contributed by atoms with Crippen molar-refractivity contribution in [3.05, 3.63) is 24.1 Å². The molecule has 146 valence electrons. The van der Waals surface area contributed by atoms with E-state index in [0.717, 1.165) is 6.42 Å². The molecule has 0 radical (unpaired) electrons. The molecule has 1 aromatic heterocycles. The van der Waals surface area contributed by atoms with Gasteiger partial charge in [0.05, 0.1) is 0 Å². The van der Waals surface area contributed by atoms with Gasteiger partial charge in [0.1, 0.15) is 12.1 Å². The van der Waals surface area contributed by atoms with Crippen molar-refractivity contribution >= 4 is 41.7 Å². The first-order valence-electron chi connectivity index (χ1n) is 8.33. The van der Waals surface area contributed by atoms with Crippen LogP contribution in [0.25, 0.3) is 0 Å². The van der Waals surface area contributed by atoms with Gasteiger partial charge in [-0.05, 0) is 39.3 Å². The molecule has 1 fully saturated rings. The molecule has 0 aromatic carbocycles. The van der Waals surface area contributed by atoms with Gasteiger partial charge in [0.15, 0.2) is 17.6 Å². The average molecular weight is 479 g/mol. The number of anilines is 1. The number of carbonyl (C=O) groups excluding carboxylic acids is 1. The van der Waals surface area contributed by atoms with Gasteiger partial charge in [0.25, 0.3) is 0 Å². The van der Waals surface area contributed by atoms with Crippen molar-refractivity contribution in [3.63, 3.8) is 0 Å². The van der Waals surface area contributed by atoms with Crippen molar-refractivity contribution in [2.45, 2.75) is 38.8 Å². The minimum absolute atomic E-state index is 0. The summed E-state index contributed by atoms with van der Waals surface area (Å²) in [6.07, 6.45) is 2.41. The minimum atomic E-state index is -0.519. The van der Waals surface area contributed by atoms with E-state index in [9.17, 15) is 9.18 Å². The number of halogens is 2. The fraction of sp³-hybridized carbons (Fsp3) is 0.588. The molecule has 1 aromatic rings. The fourth-order valence-corrected chi connectivity index (χ4v) is 2.60. The molecule has 2 rings (SSSR count).